The van der Waals surface area contributed by atoms with Crippen LogP contribution >= 0.6 is 0 Å². The third kappa shape index (κ3) is 3.82. The third-order valence-corrected chi connectivity index (χ3v) is 4.46. The summed E-state index contributed by atoms with van der Waals surface area (Å²) in [6, 6.07) is 0.681. The van der Waals surface area contributed by atoms with E-state index in [9.17, 15) is 0 Å². The van der Waals surface area contributed by atoms with Crippen LogP contribution in [0, 0.1) is 11.8 Å². The molecule has 19 heavy (non-hydrogen) atoms. The standard InChI is InChI=1S/C16H29N3/c1-4-10-19-11-9-17-16(19)12-18-15-8-6-5-7-14(15)13(2)3/h9,11,13-15,18H,4-8,10,12H2,1-3H3. The van der Waals surface area contributed by atoms with Crippen molar-refractivity contribution in [2.75, 3.05) is 0 Å². The highest BCUT2D eigenvalue weighted by Gasteiger charge is 2.27. The Kier molecular flexibility index (Phi) is 5.44. The Morgan fingerprint density at radius 3 is 2.89 bits per heavy atom. The number of rotatable bonds is 6. The van der Waals surface area contributed by atoms with Gasteiger partial charge in [0.15, 0.2) is 0 Å². The lowest BCUT2D eigenvalue weighted by molar-refractivity contribution is 0.203. The molecule has 1 aromatic rings. The molecule has 3 nitrogen and oxygen atoms in total. The van der Waals surface area contributed by atoms with Crippen molar-refractivity contribution in [2.24, 2.45) is 11.8 Å². The molecule has 0 saturated heterocycles. The zero-order chi connectivity index (χ0) is 13.7. The minimum atomic E-state index is 0.681. The van der Waals surface area contributed by atoms with E-state index < -0.39 is 0 Å². The van der Waals surface area contributed by atoms with E-state index in [2.05, 4.69) is 41.8 Å². The van der Waals surface area contributed by atoms with Crippen LogP contribution in [0.3, 0.4) is 0 Å². The number of aryl methyl sites for hydroxylation is 1. The molecule has 2 rings (SSSR count). The SMILES string of the molecule is CCCn1ccnc1CNC1CCCCC1C(C)C. The molecule has 0 aliphatic heterocycles. The molecule has 1 saturated carbocycles. The third-order valence-electron chi connectivity index (χ3n) is 4.46. The number of aromatic nitrogens is 2. The van der Waals surface area contributed by atoms with E-state index in [1.54, 1.807) is 0 Å². The second-order valence-electron chi connectivity index (χ2n) is 6.22. The highest BCUT2D eigenvalue weighted by atomic mass is 15.1. The number of imidazole rings is 1. The van der Waals surface area contributed by atoms with Crippen molar-refractivity contribution in [1.29, 1.82) is 0 Å². The molecule has 2 unspecified atom stereocenters. The molecule has 1 N–H and O–H groups in total. The van der Waals surface area contributed by atoms with E-state index in [1.807, 2.05) is 6.20 Å². The fourth-order valence-corrected chi connectivity index (χ4v) is 3.39. The Morgan fingerprint density at radius 2 is 2.16 bits per heavy atom. The van der Waals surface area contributed by atoms with E-state index in [4.69, 9.17) is 0 Å². The van der Waals surface area contributed by atoms with Gasteiger partial charge in [-0.05, 0) is 31.1 Å². The van der Waals surface area contributed by atoms with E-state index in [1.165, 1.54) is 37.9 Å². The summed E-state index contributed by atoms with van der Waals surface area (Å²) in [6.45, 7) is 8.94. The van der Waals surface area contributed by atoms with E-state index in [0.717, 1.165) is 24.9 Å². The highest BCUT2D eigenvalue weighted by molar-refractivity contribution is 4.93. The quantitative estimate of drug-likeness (QED) is 0.850. The maximum Gasteiger partial charge on any atom is 0.122 e. The molecule has 1 fully saturated rings. The van der Waals surface area contributed by atoms with Gasteiger partial charge in [0.1, 0.15) is 5.82 Å². The Hall–Kier alpha value is -0.830. The molecule has 1 aromatic heterocycles. The summed E-state index contributed by atoms with van der Waals surface area (Å²) in [4.78, 5) is 4.49. The Bertz CT molecular complexity index is 370. The summed E-state index contributed by atoms with van der Waals surface area (Å²) in [5.74, 6) is 2.81. The van der Waals surface area contributed by atoms with Crippen LogP contribution in [0.25, 0.3) is 0 Å². The average molecular weight is 263 g/mol. The number of nitrogens with one attached hydrogen (secondary N) is 1. The summed E-state index contributed by atoms with van der Waals surface area (Å²) in [7, 11) is 0. The van der Waals surface area contributed by atoms with Crippen molar-refractivity contribution in [3.63, 3.8) is 0 Å². The van der Waals surface area contributed by atoms with Gasteiger partial charge in [0.2, 0.25) is 0 Å². The fraction of sp³-hybridized carbons (Fsp3) is 0.812. The van der Waals surface area contributed by atoms with Crippen LogP contribution in [0.5, 0.6) is 0 Å². The van der Waals surface area contributed by atoms with Gasteiger partial charge in [0, 0.05) is 25.0 Å². The Balaban J connectivity index is 1.91. The molecule has 0 spiro atoms. The second kappa shape index (κ2) is 7.09. The molecule has 2 atom stereocenters. The fourth-order valence-electron chi connectivity index (χ4n) is 3.39. The molecule has 3 heteroatoms. The van der Waals surface area contributed by atoms with Crippen LogP contribution in [0.1, 0.15) is 58.7 Å². The van der Waals surface area contributed by atoms with Crippen molar-refractivity contribution < 1.29 is 0 Å². The average Bonchev–Trinajstić information content (AvgIpc) is 2.84. The molecule has 108 valence electrons. The van der Waals surface area contributed by atoms with Crippen molar-refractivity contribution >= 4 is 0 Å². The minimum absolute atomic E-state index is 0.681. The zero-order valence-corrected chi connectivity index (χ0v) is 12.7. The summed E-state index contributed by atoms with van der Waals surface area (Å²) in [5.41, 5.74) is 0. The summed E-state index contributed by atoms with van der Waals surface area (Å²) in [6.07, 6.45) is 10.7. The molecule has 0 bridgehead atoms. The van der Waals surface area contributed by atoms with Crippen LogP contribution in [-0.4, -0.2) is 15.6 Å². The second-order valence-corrected chi connectivity index (χ2v) is 6.22. The molecule has 1 aliphatic rings. The molecule has 0 aromatic carbocycles. The maximum atomic E-state index is 4.49. The van der Waals surface area contributed by atoms with Crippen molar-refractivity contribution in [1.82, 2.24) is 14.9 Å². The lowest BCUT2D eigenvalue weighted by atomic mass is 9.78. The molecular weight excluding hydrogens is 234 g/mol. The Labute approximate surface area is 117 Å². The van der Waals surface area contributed by atoms with Crippen LogP contribution in [-0.2, 0) is 13.1 Å². The molecule has 1 aliphatic carbocycles. The van der Waals surface area contributed by atoms with E-state index >= 15 is 0 Å². The van der Waals surface area contributed by atoms with Gasteiger partial charge < -0.3 is 9.88 Å². The largest absolute Gasteiger partial charge is 0.334 e. The van der Waals surface area contributed by atoms with Gasteiger partial charge in [-0.3, -0.25) is 0 Å². The van der Waals surface area contributed by atoms with Crippen LogP contribution in [0.4, 0.5) is 0 Å². The summed E-state index contributed by atoms with van der Waals surface area (Å²) in [5, 5.41) is 3.77. The predicted molar refractivity (Wildman–Crippen MR) is 79.9 cm³/mol. The van der Waals surface area contributed by atoms with E-state index in [0.29, 0.717) is 6.04 Å². The van der Waals surface area contributed by atoms with Gasteiger partial charge in [-0.1, -0.05) is 33.6 Å². The highest BCUT2D eigenvalue weighted by Crippen LogP contribution is 2.30. The van der Waals surface area contributed by atoms with Gasteiger partial charge in [0.25, 0.3) is 0 Å². The smallest absolute Gasteiger partial charge is 0.122 e. The molecule has 0 amide bonds. The topological polar surface area (TPSA) is 29.9 Å². The lowest BCUT2D eigenvalue weighted by Gasteiger charge is -2.35. The number of hydrogen-bond donors (Lipinski definition) is 1. The van der Waals surface area contributed by atoms with E-state index in [-0.39, 0.29) is 0 Å². The molecule has 1 heterocycles. The minimum Gasteiger partial charge on any atom is -0.334 e. The van der Waals surface area contributed by atoms with Gasteiger partial charge in [-0.15, -0.1) is 0 Å². The summed E-state index contributed by atoms with van der Waals surface area (Å²) < 4.78 is 2.28. The van der Waals surface area contributed by atoms with Gasteiger partial charge >= 0.3 is 0 Å². The number of hydrogen-bond acceptors (Lipinski definition) is 2. The monoisotopic (exact) mass is 263 g/mol. The first-order valence-electron chi connectivity index (χ1n) is 7.95. The van der Waals surface area contributed by atoms with Crippen LogP contribution in [0.2, 0.25) is 0 Å². The van der Waals surface area contributed by atoms with Crippen LogP contribution < -0.4 is 5.32 Å². The first-order chi connectivity index (χ1) is 9.22. The molecule has 0 radical (unpaired) electrons. The van der Waals surface area contributed by atoms with Crippen LogP contribution in [0.15, 0.2) is 12.4 Å². The van der Waals surface area contributed by atoms with Crippen molar-refractivity contribution in [3.05, 3.63) is 18.2 Å². The number of nitrogens with zero attached hydrogens (tertiary/aromatic N) is 2. The maximum absolute atomic E-state index is 4.49. The van der Waals surface area contributed by atoms with Crippen molar-refractivity contribution in [2.45, 2.75) is 72.0 Å². The summed E-state index contributed by atoms with van der Waals surface area (Å²) >= 11 is 0. The van der Waals surface area contributed by atoms with Gasteiger partial charge in [0.05, 0.1) is 6.54 Å². The predicted octanol–water partition coefficient (Wildman–Crippen LogP) is 3.60. The zero-order valence-electron chi connectivity index (χ0n) is 12.7. The van der Waals surface area contributed by atoms with Gasteiger partial charge in [-0.2, -0.15) is 0 Å². The van der Waals surface area contributed by atoms with Gasteiger partial charge in [-0.25, -0.2) is 4.98 Å². The Morgan fingerprint density at radius 1 is 1.37 bits per heavy atom. The first-order valence-corrected chi connectivity index (χ1v) is 7.95. The van der Waals surface area contributed by atoms with Crippen molar-refractivity contribution in [3.8, 4) is 0 Å². The normalized spacial score (nSPS) is 24.0. The lowest BCUT2D eigenvalue weighted by Crippen LogP contribution is -2.40. The molecular formula is C16H29N3. The first kappa shape index (κ1) is 14.6.